The summed E-state index contributed by atoms with van der Waals surface area (Å²) in [6.45, 7) is 0.127. The van der Waals surface area contributed by atoms with Crippen molar-refractivity contribution in [3.05, 3.63) is 34.9 Å². The predicted octanol–water partition coefficient (Wildman–Crippen LogP) is 1.78. The Morgan fingerprint density at radius 1 is 1.26 bits per heavy atom. The average molecular weight is 359 g/mol. The van der Waals surface area contributed by atoms with Gasteiger partial charge in [0.15, 0.2) is 0 Å². The summed E-state index contributed by atoms with van der Waals surface area (Å²) in [6, 6.07) is 5.47. The summed E-state index contributed by atoms with van der Waals surface area (Å²) in [5, 5.41) is 14.6. The highest BCUT2D eigenvalue weighted by Crippen LogP contribution is 2.09. The van der Waals surface area contributed by atoms with Gasteiger partial charge in [-0.3, -0.25) is 9.59 Å². The number of halogens is 1. The van der Waals surface area contributed by atoms with E-state index in [-0.39, 0.29) is 18.9 Å². The number of aliphatic carboxylic acids is 1. The number of thioether (sulfide) groups is 1. The number of amides is 2. The highest BCUT2D eigenvalue weighted by molar-refractivity contribution is 7.98. The molecule has 0 heterocycles. The minimum absolute atomic E-state index is 0.0162. The first-order valence-corrected chi connectivity index (χ1v) is 8.76. The Hall–Kier alpha value is -1.73. The van der Waals surface area contributed by atoms with E-state index in [0.717, 1.165) is 0 Å². The van der Waals surface area contributed by atoms with Gasteiger partial charge in [0, 0.05) is 23.6 Å². The SMILES string of the molecule is CSCC[C@H](NC(=O)CCNC(=O)c1ccc(Cl)cc1)C(=O)O. The van der Waals surface area contributed by atoms with Crippen molar-refractivity contribution in [2.75, 3.05) is 18.6 Å². The number of benzene rings is 1. The number of hydrogen-bond donors (Lipinski definition) is 3. The maximum Gasteiger partial charge on any atom is 0.326 e. The van der Waals surface area contributed by atoms with Gasteiger partial charge in [-0.2, -0.15) is 11.8 Å². The van der Waals surface area contributed by atoms with Crippen molar-refractivity contribution < 1.29 is 19.5 Å². The van der Waals surface area contributed by atoms with Crippen LogP contribution < -0.4 is 10.6 Å². The van der Waals surface area contributed by atoms with Crippen LogP contribution in [-0.2, 0) is 9.59 Å². The number of hydrogen-bond acceptors (Lipinski definition) is 4. The highest BCUT2D eigenvalue weighted by atomic mass is 35.5. The molecule has 2 amide bonds. The Bertz CT molecular complexity index is 551. The second-order valence-electron chi connectivity index (χ2n) is 4.75. The molecule has 1 rings (SSSR count). The second-order valence-corrected chi connectivity index (χ2v) is 6.17. The molecule has 1 aromatic rings. The lowest BCUT2D eigenvalue weighted by Gasteiger charge is -2.14. The second kappa shape index (κ2) is 10.1. The normalized spacial score (nSPS) is 11.6. The van der Waals surface area contributed by atoms with E-state index in [1.54, 1.807) is 24.3 Å². The summed E-state index contributed by atoms with van der Waals surface area (Å²) in [7, 11) is 0. The molecule has 0 saturated heterocycles. The molecule has 23 heavy (non-hydrogen) atoms. The summed E-state index contributed by atoms with van der Waals surface area (Å²) in [5.41, 5.74) is 0.443. The third-order valence-electron chi connectivity index (χ3n) is 2.99. The van der Waals surface area contributed by atoms with Gasteiger partial charge in [-0.05, 0) is 42.7 Å². The number of carboxylic acids is 1. The smallest absolute Gasteiger partial charge is 0.326 e. The van der Waals surface area contributed by atoms with E-state index < -0.39 is 17.9 Å². The molecular formula is C15H19ClN2O4S. The number of nitrogens with one attached hydrogen (secondary N) is 2. The number of carboxylic acid groups (broad SMARTS) is 1. The fourth-order valence-corrected chi connectivity index (χ4v) is 2.35. The van der Waals surface area contributed by atoms with Gasteiger partial charge in [0.2, 0.25) is 5.91 Å². The molecular weight excluding hydrogens is 340 g/mol. The van der Waals surface area contributed by atoms with Crippen LogP contribution in [0.1, 0.15) is 23.2 Å². The van der Waals surface area contributed by atoms with Crippen LogP contribution in [0, 0.1) is 0 Å². The van der Waals surface area contributed by atoms with Crippen molar-refractivity contribution in [3.63, 3.8) is 0 Å². The van der Waals surface area contributed by atoms with Crippen LogP contribution in [0.15, 0.2) is 24.3 Å². The molecule has 6 nitrogen and oxygen atoms in total. The minimum atomic E-state index is -1.06. The van der Waals surface area contributed by atoms with E-state index in [4.69, 9.17) is 16.7 Å². The van der Waals surface area contributed by atoms with E-state index in [9.17, 15) is 14.4 Å². The third-order valence-corrected chi connectivity index (χ3v) is 3.88. The van der Waals surface area contributed by atoms with Crippen LogP contribution in [-0.4, -0.2) is 47.5 Å². The van der Waals surface area contributed by atoms with Gasteiger partial charge in [0.05, 0.1) is 0 Å². The standard InChI is InChI=1S/C15H19ClN2O4S/c1-23-9-7-12(15(21)22)18-13(19)6-8-17-14(20)10-2-4-11(16)5-3-10/h2-5,12H,6-9H2,1H3,(H,17,20)(H,18,19)(H,21,22)/t12-/m0/s1. The third kappa shape index (κ3) is 7.38. The molecule has 0 aromatic heterocycles. The zero-order chi connectivity index (χ0) is 17.2. The van der Waals surface area contributed by atoms with Crippen molar-refractivity contribution in [2.24, 2.45) is 0 Å². The van der Waals surface area contributed by atoms with Crippen LogP contribution in [0.3, 0.4) is 0 Å². The number of carbonyl (C=O) groups is 3. The number of rotatable bonds is 9. The van der Waals surface area contributed by atoms with Crippen molar-refractivity contribution in [3.8, 4) is 0 Å². The Balaban J connectivity index is 2.36. The fraction of sp³-hybridized carbons (Fsp3) is 0.400. The van der Waals surface area contributed by atoms with Crippen molar-refractivity contribution in [2.45, 2.75) is 18.9 Å². The first kappa shape index (κ1) is 19.3. The molecule has 1 atom stereocenters. The zero-order valence-electron chi connectivity index (χ0n) is 12.7. The Morgan fingerprint density at radius 3 is 2.48 bits per heavy atom. The van der Waals surface area contributed by atoms with Gasteiger partial charge in [-0.15, -0.1) is 0 Å². The predicted molar refractivity (Wildman–Crippen MR) is 91.0 cm³/mol. The molecule has 0 radical (unpaired) electrons. The quantitative estimate of drug-likeness (QED) is 0.625. The van der Waals surface area contributed by atoms with Crippen LogP contribution in [0.2, 0.25) is 5.02 Å². The Morgan fingerprint density at radius 2 is 1.91 bits per heavy atom. The molecule has 0 aliphatic heterocycles. The topological polar surface area (TPSA) is 95.5 Å². The van der Waals surface area contributed by atoms with Gasteiger partial charge in [0.1, 0.15) is 6.04 Å². The molecule has 8 heteroatoms. The van der Waals surface area contributed by atoms with Gasteiger partial charge in [-0.1, -0.05) is 11.6 Å². The van der Waals surface area contributed by atoms with Crippen LogP contribution >= 0.6 is 23.4 Å². The lowest BCUT2D eigenvalue weighted by atomic mass is 10.2. The average Bonchev–Trinajstić information content (AvgIpc) is 2.51. The van der Waals surface area contributed by atoms with E-state index >= 15 is 0 Å². The van der Waals surface area contributed by atoms with Gasteiger partial charge in [-0.25, -0.2) is 4.79 Å². The summed E-state index contributed by atoms with van der Waals surface area (Å²) >= 11 is 7.25. The van der Waals surface area contributed by atoms with Gasteiger partial charge >= 0.3 is 5.97 Å². The van der Waals surface area contributed by atoms with Crippen molar-refractivity contribution >= 4 is 41.1 Å². The molecule has 0 aliphatic rings. The fourth-order valence-electron chi connectivity index (χ4n) is 1.75. The van der Waals surface area contributed by atoms with Crippen LogP contribution in [0.4, 0.5) is 0 Å². The molecule has 0 fully saturated rings. The summed E-state index contributed by atoms with van der Waals surface area (Å²) in [6.07, 6.45) is 2.24. The molecule has 3 N–H and O–H groups in total. The molecule has 1 aromatic carbocycles. The van der Waals surface area contributed by atoms with Crippen molar-refractivity contribution in [1.82, 2.24) is 10.6 Å². The largest absolute Gasteiger partial charge is 0.480 e. The lowest BCUT2D eigenvalue weighted by molar-refractivity contribution is -0.141. The van der Waals surface area contributed by atoms with Crippen LogP contribution in [0.25, 0.3) is 0 Å². The maximum atomic E-state index is 11.8. The summed E-state index contributed by atoms with van der Waals surface area (Å²) in [4.78, 5) is 34.6. The molecule has 0 unspecified atom stereocenters. The maximum absolute atomic E-state index is 11.8. The zero-order valence-corrected chi connectivity index (χ0v) is 14.2. The van der Waals surface area contributed by atoms with Crippen LogP contribution in [0.5, 0.6) is 0 Å². The molecule has 0 spiro atoms. The Kier molecular flexibility index (Phi) is 8.50. The van der Waals surface area contributed by atoms with E-state index in [1.807, 2.05) is 6.26 Å². The highest BCUT2D eigenvalue weighted by Gasteiger charge is 2.19. The number of carbonyl (C=O) groups excluding carboxylic acids is 2. The first-order valence-electron chi connectivity index (χ1n) is 6.99. The Labute approximate surface area is 144 Å². The van der Waals surface area contributed by atoms with Gasteiger partial charge < -0.3 is 15.7 Å². The van der Waals surface area contributed by atoms with Crippen molar-refractivity contribution in [1.29, 1.82) is 0 Å². The molecule has 0 aliphatic carbocycles. The molecule has 0 saturated carbocycles. The van der Waals surface area contributed by atoms with E-state index in [2.05, 4.69) is 10.6 Å². The lowest BCUT2D eigenvalue weighted by Crippen LogP contribution is -2.42. The molecule has 126 valence electrons. The summed E-state index contributed by atoms with van der Waals surface area (Å²) < 4.78 is 0. The van der Waals surface area contributed by atoms with E-state index in [1.165, 1.54) is 11.8 Å². The van der Waals surface area contributed by atoms with Gasteiger partial charge in [0.25, 0.3) is 5.91 Å². The first-order chi connectivity index (χ1) is 10.9. The minimum Gasteiger partial charge on any atom is -0.480 e. The van der Waals surface area contributed by atoms with E-state index in [0.29, 0.717) is 22.8 Å². The monoisotopic (exact) mass is 358 g/mol. The summed E-state index contributed by atoms with van der Waals surface area (Å²) in [5.74, 6) is -1.14. The molecule has 0 bridgehead atoms.